The maximum Gasteiger partial charge on any atom is 0.269 e. The van der Waals surface area contributed by atoms with Gasteiger partial charge in [0.05, 0.1) is 17.3 Å². The molecule has 0 aromatic heterocycles. The Morgan fingerprint density at radius 3 is 2.21 bits per heavy atom. The summed E-state index contributed by atoms with van der Waals surface area (Å²) in [6.45, 7) is 5.39. The number of rotatable bonds is 4. The molecule has 0 aliphatic carbocycles. The summed E-state index contributed by atoms with van der Waals surface area (Å²) in [5, 5.41) is 9.59. The summed E-state index contributed by atoms with van der Waals surface area (Å²) in [5.74, 6) is -0.0816. The first kappa shape index (κ1) is 18.9. The fourth-order valence-corrected chi connectivity index (χ4v) is 5.64. The molecule has 1 saturated heterocycles. The fraction of sp³-hybridized carbons (Fsp3) is 0.182. The Morgan fingerprint density at radius 2 is 1.57 bits per heavy atom. The maximum atomic E-state index is 13.2. The maximum absolute atomic E-state index is 13.2. The van der Waals surface area contributed by atoms with Crippen molar-refractivity contribution in [2.45, 2.75) is 20.4 Å². The molecule has 0 unspecified atom stereocenters. The number of nitrogens with zero attached hydrogens (tertiary/aromatic N) is 2. The molecule has 4 nitrogen and oxygen atoms in total. The average Bonchev–Trinajstić information content (AvgIpc) is 3.20. The molecule has 0 atom stereocenters. The van der Waals surface area contributed by atoms with Crippen LogP contribution in [0.1, 0.15) is 25.0 Å². The molecule has 142 valence electrons. The lowest BCUT2D eigenvalue weighted by Crippen LogP contribution is -2.28. The van der Waals surface area contributed by atoms with Crippen molar-refractivity contribution >= 4 is 40.3 Å². The number of thioether (sulfide) groups is 2. The van der Waals surface area contributed by atoms with Gasteiger partial charge in [0.2, 0.25) is 0 Å². The molecule has 28 heavy (non-hydrogen) atoms. The largest absolute Gasteiger partial charge is 0.334 e. The van der Waals surface area contributed by atoms with E-state index in [0.717, 1.165) is 28.4 Å². The van der Waals surface area contributed by atoms with Crippen LogP contribution in [0.5, 0.6) is 0 Å². The monoisotopic (exact) mass is 407 g/mol. The van der Waals surface area contributed by atoms with Gasteiger partial charge < -0.3 is 4.90 Å². The van der Waals surface area contributed by atoms with Crippen molar-refractivity contribution in [2.75, 3.05) is 6.54 Å². The van der Waals surface area contributed by atoms with Gasteiger partial charge in [0.15, 0.2) is 5.17 Å². The zero-order valence-electron chi connectivity index (χ0n) is 15.8. The Morgan fingerprint density at radius 1 is 0.929 bits per heavy atom. The number of amides is 1. The molecule has 0 spiro atoms. The van der Waals surface area contributed by atoms with E-state index in [1.807, 2.05) is 48.5 Å². The van der Waals surface area contributed by atoms with Gasteiger partial charge in [-0.05, 0) is 36.7 Å². The zero-order chi connectivity index (χ0) is 19.7. The van der Waals surface area contributed by atoms with Crippen LogP contribution in [0.4, 0.5) is 0 Å². The topological polar surface area (TPSA) is 47.4 Å². The van der Waals surface area contributed by atoms with Gasteiger partial charge in [-0.2, -0.15) is 0 Å². The van der Waals surface area contributed by atoms with E-state index < -0.39 is 0 Å². The Hall–Kier alpha value is -2.44. The Balaban J connectivity index is 1.66. The van der Waals surface area contributed by atoms with Gasteiger partial charge in [0.1, 0.15) is 4.91 Å². The highest BCUT2D eigenvalue weighted by atomic mass is 32.2. The van der Waals surface area contributed by atoms with Crippen LogP contribution < -0.4 is 0 Å². The lowest BCUT2D eigenvalue weighted by atomic mass is 10.1. The number of allylic oxidation sites excluding steroid dienone is 1. The highest BCUT2D eigenvalue weighted by Gasteiger charge is 2.39. The second-order valence-corrected chi connectivity index (χ2v) is 8.74. The molecule has 6 heteroatoms. The van der Waals surface area contributed by atoms with Crippen LogP contribution >= 0.6 is 23.5 Å². The molecule has 2 aromatic rings. The number of carbonyl (C=O) groups is 1. The van der Waals surface area contributed by atoms with Gasteiger partial charge in [0, 0.05) is 11.4 Å². The van der Waals surface area contributed by atoms with Crippen LogP contribution in [0, 0.1) is 5.41 Å². The molecule has 1 amide bonds. The Bertz CT molecular complexity index is 983. The molecule has 1 fully saturated rings. The molecule has 4 rings (SSSR count). The minimum atomic E-state index is -0.0816. The van der Waals surface area contributed by atoms with Crippen molar-refractivity contribution in [1.29, 1.82) is 5.41 Å². The Kier molecular flexibility index (Phi) is 5.33. The van der Waals surface area contributed by atoms with Crippen molar-refractivity contribution in [3.05, 3.63) is 86.6 Å². The normalized spacial score (nSPS) is 19.9. The summed E-state index contributed by atoms with van der Waals surface area (Å²) < 4.78 is 0. The third-order valence-electron chi connectivity index (χ3n) is 4.72. The number of amidine groups is 1. The summed E-state index contributed by atoms with van der Waals surface area (Å²) in [5.41, 5.74) is 3.33. The molecular weight excluding hydrogens is 386 g/mol. The summed E-state index contributed by atoms with van der Waals surface area (Å²) in [6, 6.07) is 20.1. The van der Waals surface area contributed by atoms with E-state index >= 15 is 0 Å². The molecular formula is C22H21N3OS2. The van der Waals surface area contributed by atoms with Crippen LogP contribution in [0.15, 0.2) is 75.5 Å². The van der Waals surface area contributed by atoms with Gasteiger partial charge in [-0.25, -0.2) is 0 Å². The second-order valence-electron chi connectivity index (χ2n) is 6.54. The van der Waals surface area contributed by atoms with E-state index in [1.165, 1.54) is 16.7 Å². The summed E-state index contributed by atoms with van der Waals surface area (Å²) in [7, 11) is 0. The fourth-order valence-electron chi connectivity index (χ4n) is 3.42. The molecule has 1 N–H and O–H groups in total. The minimum Gasteiger partial charge on any atom is -0.334 e. The van der Waals surface area contributed by atoms with E-state index in [9.17, 15) is 4.79 Å². The number of hydrogen-bond acceptors (Lipinski definition) is 5. The number of carbonyl (C=O) groups excluding carboxylic acids is 1. The van der Waals surface area contributed by atoms with E-state index in [2.05, 4.69) is 30.9 Å². The molecule has 2 aliphatic rings. The second kappa shape index (κ2) is 7.89. The van der Waals surface area contributed by atoms with Gasteiger partial charge >= 0.3 is 0 Å². The quantitative estimate of drug-likeness (QED) is 0.697. The standard InChI is InChI=1S/C22H21N3OS2/c1-3-24-18(17-12-8-5-9-13-17)15(2)27-21(24)19-20(26)25(22(23)28-19)14-16-10-6-4-7-11-16/h4-13,23H,3,14H2,1-2H3/b21-19-,23-22?. The van der Waals surface area contributed by atoms with Gasteiger partial charge in [-0.15, -0.1) is 0 Å². The molecule has 0 bridgehead atoms. The van der Waals surface area contributed by atoms with Crippen LogP contribution in [-0.2, 0) is 11.3 Å². The van der Waals surface area contributed by atoms with Crippen molar-refractivity contribution in [3.8, 4) is 0 Å². The summed E-state index contributed by atoms with van der Waals surface area (Å²) in [6.07, 6.45) is 0. The van der Waals surface area contributed by atoms with E-state index in [0.29, 0.717) is 16.6 Å². The lowest BCUT2D eigenvalue weighted by Gasteiger charge is -2.23. The van der Waals surface area contributed by atoms with Crippen LogP contribution in [0.3, 0.4) is 0 Å². The summed E-state index contributed by atoms with van der Waals surface area (Å²) in [4.78, 5) is 18.8. The number of hydrogen-bond donors (Lipinski definition) is 1. The molecule has 0 radical (unpaired) electrons. The third kappa shape index (κ3) is 3.38. The smallest absolute Gasteiger partial charge is 0.269 e. The van der Waals surface area contributed by atoms with E-state index in [-0.39, 0.29) is 5.91 Å². The zero-order valence-corrected chi connectivity index (χ0v) is 17.4. The van der Waals surface area contributed by atoms with E-state index in [1.54, 1.807) is 16.7 Å². The third-order valence-corrected chi connectivity index (χ3v) is 6.96. The predicted molar refractivity (Wildman–Crippen MR) is 118 cm³/mol. The highest BCUT2D eigenvalue weighted by molar-refractivity contribution is 8.19. The molecule has 2 aliphatic heterocycles. The van der Waals surface area contributed by atoms with Crippen molar-refractivity contribution in [1.82, 2.24) is 9.80 Å². The van der Waals surface area contributed by atoms with Crippen molar-refractivity contribution in [2.24, 2.45) is 0 Å². The average molecular weight is 408 g/mol. The first-order valence-corrected chi connectivity index (χ1v) is 10.8. The van der Waals surface area contributed by atoms with Gasteiger partial charge in [-0.3, -0.25) is 15.1 Å². The van der Waals surface area contributed by atoms with Gasteiger partial charge in [-0.1, -0.05) is 72.4 Å². The van der Waals surface area contributed by atoms with Crippen LogP contribution in [0.2, 0.25) is 0 Å². The first-order valence-electron chi connectivity index (χ1n) is 9.18. The van der Waals surface area contributed by atoms with Crippen molar-refractivity contribution < 1.29 is 4.79 Å². The SMILES string of the molecule is CCN1C(c2ccccc2)=C(C)S/C1=C1\SC(=N)N(Cc2ccccc2)C1=O. The predicted octanol–water partition coefficient (Wildman–Crippen LogP) is 5.32. The van der Waals surface area contributed by atoms with Crippen molar-refractivity contribution in [3.63, 3.8) is 0 Å². The molecule has 0 saturated carbocycles. The van der Waals surface area contributed by atoms with Crippen LogP contribution in [0.25, 0.3) is 5.70 Å². The molecule has 2 heterocycles. The summed E-state index contributed by atoms with van der Waals surface area (Å²) >= 11 is 2.90. The highest BCUT2D eigenvalue weighted by Crippen LogP contribution is 2.50. The van der Waals surface area contributed by atoms with Gasteiger partial charge in [0.25, 0.3) is 5.91 Å². The van der Waals surface area contributed by atoms with E-state index in [4.69, 9.17) is 5.41 Å². The first-order chi connectivity index (χ1) is 13.6. The molecule has 2 aromatic carbocycles. The number of benzene rings is 2. The number of nitrogens with one attached hydrogen (secondary N) is 1. The minimum absolute atomic E-state index is 0.0816. The Labute approximate surface area is 173 Å². The lowest BCUT2D eigenvalue weighted by molar-refractivity contribution is -0.122. The van der Waals surface area contributed by atoms with Crippen LogP contribution in [-0.4, -0.2) is 27.4 Å².